The molecule has 1 aromatic heterocycles. The van der Waals surface area contributed by atoms with Gasteiger partial charge in [0, 0.05) is 16.8 Å². The summed E-state index contributed by atoms with van der Waals surface area (Å²) in [5.74, 6) is 0.843. The molecule has 5 rings (SSSR count). The molecule has 0 bridgehead atoms. The number of halogens is 2. The average Bonchev–Trinajstić information content (AvgIpc) is 3.32. The fourth-order valence-corrected chi connectivity index (χ4v) is 6.54. The number of anilines is 1. The number of rotatable bonds is 9. The van der Waals surface area contributed by atoms with Crippen LogP contribution in [0.4, 0.5) is 15.1 Å². The molecule has 39 heavy (non-hydrogen) atoms. The summed E-state index contributed by atoms with van der Waals surface area (Å²) >= 11 is 3.83. The lowest BCUT2D eigenvalue weighted by Crippen LogP contribution is -2.14. The van der Waals surface area contributed by atoms with Crippen molar-refractivity contribution < 1.29 is 18.7 Å². The van der Waals surface area contributed by atoms with E-state index in [-0.39, 0.29) is 11.7 Å². The maximum absolute atomic E-state index is 13.4. The maximum atomic E-state index is 13.4. The van der Waals surface area contributed by atoms with Gasteiger partial charge in [-0.05, 0) is 108 Å². The van der Waals surface area contributed by atoms with Gasteiger partial charge in [0.15, 0.2) is 11.5 Å². The summed E-state index contributed by atoms with van der Waals surface area (Å²) in [7, 11) is 0. The van der Waals surface area contributed by atoms with Gasteiger partial charge in [-0.3, -0.25) is 4.79 Å². The number of hydrogen-bond donors (Lipinski definition) is 1. The number of nitrogens with zero attached hydrogens (tertiary/aromatic N) is 1. The molecular formula is C31H28FIN2O3S. The van der Waals surface area contributed by atoms with Crippen LogP contribution in [0.3, 0.4) is 0 Å². The van der Waals surface area contributed by atoms with Gasteiger partial charge in [0.1, 0.15) is 17.4 Å². The molecule has 0 atom stereocenters. The van der Waals surface area contributed by atoms with Crippen LogP contribution >= 0.6 is 33.9 Å². The van der Waals surface area contributed by atoms with Crippen molar-refractivity contribution in [2.24, 2.45) is 4.99 Å². The predicted octanol–water partition coefficient (Wildman–Crippen LogP) is 8.35. The van der Waals surface area contributed by atoms with E-state index in [9.17, 15) is 9.18 Å². The number of ether oxygens (including phenoxy) is 2. The standard InChI is InChI=1S/C31H28FIN2O3S/c1-2-37-26-17-21(16-25(33)29(26)38-19-20-12-14-22(32)15-13-20)18-34-31-28(24-10-6-7-11-27(24)39-31)30(36)35-23-8-4-3-5-9-23/h3-5,8-9,12-18H,2,6-7,10-11,19H2,1H3,(H,35,36). The lowest BCUT2D eigenvalue weighted by molar-refractivity contribution is 0.102. The molecule has 4 aromatic rings. The summed E-state index contributed by atoms with van der Waals surface area (Å²) in [6.45, 7) is 2.70. The molecule has 0 unspecified atom stereocenters. The summed E-state index contributed by atoms with van der Waals surface area (Å²) in [5, 5.41) is 3.76. The largest absolute Gasteiger partial charge is 0.490 e. The second kappa shape index (κ2) is 12.7. The highest BCUT2D eigenvalue weighted by Gasteiger charge is 2.25. The summed E-state index contributed by atoms with van der Waals surface area (Å²) in [4.78, 5) is 19.5. The molecule has 1 heterocycles. The summed E-state index contributed by atoms with van der Waals surface area (Å²) in [5.41, 5.74) is 4.27. The number of para-hydroxylation sites is 1. The first-order valence-corrected chi connectivity index (χ1v) is 14.8. The monoisotopic (exact) mass is 654 g/mol. The van der Waals surface area contributed by atoms with E-state index in [0.29, 0.717) is 30.3 Å². The van der Waals surface area contributed by atoms with Gasteiger partial charge in [-0.2, -0.15) is 0 Å². The van der Waals surface area contributed by atoms with Crippen LogP contribution in [0.1, 0.15) is 51.7 Å². The Morgan fingerprint density at radius 3 is 2.62 bits per heavy atom. The van der Waals surface area contributed by atoms with E-state index in [1.165, 1.54) is 17.0 Å². The Labute approximate surface area is 245 Å². The molecule has 200 valence electrons. The Kier molecular flexibility index (Phi) is 8.93. The molecular weight excluding hydrogens is 626 g/mol. The molecule has 3 aromatic carbocycles. The number of fused-ring (bicyclic) bond motifs is 1. The van der Waals surface area contributed by atoms with E-state index in [2.05, 4.69) is 27.9 Å². The van der Waals surface area contributed by atoms with Crippen molar-refractivity contribution in [2.45, 2.75) is 39.2 Å². The minimum absolute atomic E-state index is 0.123. The van der Waals surface area contributed by atoms with Crippen molar-refractivity contribution in [2.75, 3.05) is 11.9 Å². The van der Waals surface area contributed by atoms with Crippen molar-refractivity contribution in [3.05, 3.63) is 103 Å². The van der Waals surface area contributed by atoms with Gasteiger partial charge in [0.2, 0.25) is 0 Å². The highest BCUT2D eigenvalue weighted by atomic mass is 127. The van der Waals surface area contributed by atoms with Gasteiger partial charge >= 0.3 is 0 Å². The minimum Gasteiger partial charge on any atom is -0.490 e. The van der Waals surface area contributed by atoms with Gasteiger partial charge < -0.3 is 14.8 Å². The fourth-order valence-electron chi connectivity index (χ4n) is 4.53. The zero-order valence-electron chi connectivity index (χ0n) is 21.5. The number of thiophene rings is 1. The van der Waals surface area contributed by atoms with Gasteiger partial charge in [-0.15, -0.1) is 11.3 Å². The number of benzene rings is 3. The van der Waals surface area contributed by atoms with Crippen molar-refractivity contribution >= 4 is 56.7 Å². The van der Waals surface area contributed by atoms with Crippen LogP contribution in [0.5, 0.6) is 11.5 Å². The quantitative estimate of drug-likeness (QED) is 0.146. The Bertz CT molecular complexity index is 1490. The minimum atomic E-state index is -0.278. The highest BCUT2D eigenvalue weighted by Crippen LogP contribution is 2.41. The summed E-state index contributed by atoms with van der Waals surface area (Å²) in [6, 6.07) is 19.6. The SMILES string of the molecule is CCOc1cc(C=Nc2sc3c(c2C(=O)Nc2ccccc2)CCCC3)cc(I)c1OCc1ccc(F)cc1. The summed E-state index contributed by atoms with van der Waals surface area (Å²) in [6.07, 6.45) is 5.86. The van der Waals surface area contributed by atoms with E-state index in [1.54, 1.807) is 29.7 Å². The molecule has 5 nitrogen and oxygen atoms in total. The normalized spacial score (nSPS) is 12.8. The van der Waals surface area contributed by atoms with Gasteiger partial charge in [-0.1, -0.05) is 30.3 Å². The number of aliphatic imine (C=N–C) groups is 1. The first-order valence-electron chi connectivity index (χ1n) is 12.9. The van der Waals surface area contributed by atoms with Gasteiger partial charge in [0.05, 0.1) is 15.7 Å². The number of aryl methyl sites for hydroxylation is 1. The highest BCUT2D eigenvalue weighted by molar-refractivity contribution is 14.1. The third-order valence-corrected chi connectivity index (χ3v) is 8.37. The van der Waals surface area contributed by atoms with Gasteiger partial charge in [0.25, 0.3) is 5.91 Å². The fraction of sp³-hybridized carbons (Fsp3) is 0.226. The number of carbonyl (C=O) groups excluding carboxylic acids is 1. The van der Waals surface area contributed by atoms with Crippen LogP contribution in [-0.4, -0.2) is 18.7 Å². The van der Waals surface area contributed by atoms with E-state index < -0.39 is 0 Å². The molecule has 8 heteroatoms. The summed E-state index contributed by atoms with van der Waals surface area (Å²) < 4.78 is 26.1. The Morgan fingerprint density at radius 2 is 1.85 bits per heavy atom. The topological polar surface area (TPSA) is 59.9 Å². The molecule has 0 fully saturated rings. The molecule has 1 N–H and O–H groups in total. The first kappa shape index (κ1) is 27.3. The van der Waals surface area contributed by atoms with E-state index in [4.69, 9.17) is 14.5 Å². The van der Waals surface area contributed by atoms with Crippen LogP contribution in [0.2, 0.25) is 0 Å². The predicted molar refractivity (Wildman–Crippen MR) is 164 cm³/mol. The smallest absolute Gasteiger partial charge is 0.259 e. The van der Waals surface area contributed by atoms with Crippen molar-refractivity contribution in [1.82, 2.24) is 0 Å². The second-order valence-electron chi connectivity index (χ2n) is 9.15. The van der Waals surface area contributed by atoms with E-state index in [1.807, 2.05) is 49.4 Å². The molecule has 0 radical (unpaired) electrons. The number of nitrogens with one attached hydrogen (secondary N) is 1. The molecule has 1 amide bonds. The Morgan fingerprint density at radius 1 is 1.08 bits per heavy atom. The van der Waals surface area contributed by atoms with E-state index >= 15 is 0 Å². The van der Waals surface area contributed by atoms with Crippen LogP contribution < -0.4 is 14.8 Å². The number of hydrogen-bond acceptors (Lipinski definition) is 5. The van der Waals surface area contributed by atoms with Crippen LogP contribution in [0.15, 0.2) is 71.7 Å². The molecule has 1 aliphatic carbocycles. The number of amides is 1. The van der Waals surface area contributed by atoms with Crippen LogP contribution in [-0.2, 0) is 19.4 Å². The Balaban J connectivity index is 1.42. The second-order valence-corrected chi connectivity index (χ2v) is 11.4. The zero-order valence-corrected chi connectivity index (χ0v) is 24.5. The molecule has 1 aliphatic rings. The van der Waals surface area contributed by atoms with Crippen molar-refractivity contribution in [3.63, 3.8) is 0 Å². The van der Waals surface area contributed by atoms with Crippen LogP contribution in [0, 0.1) is 9.39 Å². The third kappa shape index (κ3) is 6.67. The lowest BCUT2D eigenvalue weighted by Gasteiger charge is -2.15. The molecule has 0 spiro atoms. The first-order chi connectivity index (χ1) is 19.0. The Hall–Kier alpha value is -3.24. The van der Waals surface area contributed by atoms with Crippen LogP contribution in [0.25, 0.3) is 0 Å². The zero-order chi connectivity index (χ0) is 27.2. The molecule has 0 aliphatic heterocycles. The third-order valence-electron chi connectivity index (χ3n) is 6.37. The van der Waals surface area contributed by atoms with Gasteiger partial charge in [-0.25, -0.2) is 9.38 Å². The maximum Gasteiger partial charge on any atom is 0.259 e. The number of carbonyl (C=O) groups is 1. The molecule has 0 saturated heterocycles. The van der Waals surface area contributed by atoms with E-state index in [0.717, 1.165) is 56.6 Å². The molecule has 0 saturated carbocycles. The van der Waals surface area contributed by atoms with Crippen molar-refractivity contribution in [1.29, 1.82) is 0 Å². The average molecular weight is 655 g/mol. The van der Waals surface area contributed by atoms with Crippen molar-refractivity contribution in [3.8, 4) is 11.5 Å². The lowest BCUT2D eigenvalue weighted by atomic mass is 9.95.